The Hall–Kier alpha value is -2.30. The third-order valence-corrected chi connectivity index (χ3v) is 2.50. The molecule has 0 radical (unpaired) electrons. The van der Waals surface area contributed by atoms with Gasteiger partial charge in [-0.25, -0.2) is 4.79 Å². The highest BCUT2D eigenvalue weighted by Crippen LogP contribution is 2.21. The molecule has 0 saturated carbocycles. The van der Waals surface area contributed by atoms with E-state index in [-0.39, 0.29) is 11.8 Å². The van der Waals surface area contributed by atoms with E-state index in [1.54, 1.807) is 6.92 Å². The maximum atomic E-state index is 11.4. The molecule has 0 unspecified atom stereocenters. The predicted molar refractivity (Wildman–Crippen MR) is 68.4 cm³/mol. The molecule has 5 nitrogen and oxygen atoms in total. The lowest BCUT2D eigenvalue weighted by Gasteiger charge is -2.01. The molecule has 0 aliphatic heterocycles. The molecular weight excluding hydrogens is 246 g/mol. The van der Waals surface area contributed by atoms with E-state index in [1.807, 2.05) is 24.3 Å². The summed E-state index contributed by atoms with van der Waals surface area (Å²) in [6, 6.07) is 7.58. The van der Waals surface area contributed by atoms with Crippen LogP contribution in [0, 0.1) is 0 Å². The van der Waals surface area contributed by atoms with Crippen LogP contribution in [-0.2, 0) is 11.2 Å². The highest BCUT2D eigenvalue weighted by atomic mass is 16.6. The Labute approximate surface area is 111 Å². The van der Waals surface area contributed by atoms with Gasteiger partial charge in [-0.05, 0) is 31.0 Å². The van der Waals surface area contributed by atoms with E-state index in [4.69, 9.17) is 13.9 Å². The molecule has 0 N–H and O–H groups in total. The smallest absolute Gasteiger partial charge is 0.399 e. The molecule has 0 aliphatic carbocycles. The average molecular weight is 261 g/mol. The molecule has 2 rings (SSSR count). The molecule has 0 spiro atoms. The molecule has 19 heavy (non-hydrogen) atoms. The molecule has 0 fully saturated rings. The van der Waals surface area contributed by atoms with Crippen LogP contribution in [0.1, 0.15) is 29.9 Å². The quantitative estimate of drug-likeness (QED) is 0.773. The van der Waals surface area contributed by atoms with Crippen molar-refractivity contribution in [1.82, 2.24) is 4.98 Å². The van der Waals surface area contributed by atoms with E-state index in [2.05, 4.69) is 11.9 Å². The zero-order valence-electron chi connectivity index (χ0n) is 10.9. The van der Waals surface area contributed by atoms with Gasteiger partial charge in [-0.1, -0.05) is 19.1 Å². The lowest BCUT2D eigenvalue weighted by Crippen LogP contribution is -2.04. The van der Waals surface area contributed by atoms with Crippen LogP contribution in [0.15, 0.2) is 34.9 Å². The fourth-order valence-corrected chi connectivity index (χ4v) is 1.50. The van der Waals surface area contributed by atoms with E-state index in [0.717, 1.165) is 6.42 Å². The highest BCUT2D eigenvalue weighted by Gasteiger charge is 2.14. The maximum absolute atomic E-state index is 11.4. The third kappa shape index (κ3) is 3.34. The fraction of sp³-hybridized carbons (Fsp3) is 0.286. The predicted octanol–water partition coefficient (Wildman–Crippen LogP) is 3.21. The van der Waals surface area contributed by atoms with Crippen molar-refractivity contribution in [1.29, 1.82) is 0 Å². The van der Waals surface area contributed by atoms with Crippen LogP contribution in [0.5, 0.6) is 11.8 Å². The van der Waals surface area contributed by atoms with Gasteiger partial charge >= 0.3 is 12.0 Å². The summed E-state index contributed by atoms with van der Waals surface area (Å²) in [5.41, 5.74) is 1.31. The van der Waals surface area contributed by atoms with Gasteiger partial charge in [0, 0.05) is 0 Å². The molecule has 0 aliphatic rings. The van der Waals surface area contributed by atoms with Crippen LogP contribution in [0.3, 0.4) is 0 Å². The monoisotopic (exact) mass is 261 g/mol. The largest absolute Gasteiger partial charge is 0.461 e. The third-order valence-electron chi connectivity index (χ3n) is 2.50. The van der Waals surface area contributed by atoms with Crippen LogP contribution >= 0.6 is 0 Å². The first-order valence-electron chi connectivity index (χ1n) is 6.12. The van der Waals surface area contributed by atoms with Crippen molar-refractivity contribution in [3.63, 3.8) is 0 Å². The number of oxazole rings is 1. The van der Waals surface area contributed by atoms with Gasteiger partial charge in [0.25, 0.3) is 0 Å². The topological polar surface area (TPSA) is 61.6 Å². The van der Waals surface area contributed by atoms with Gasteiger partial charge in [-0.15, -0.1) is 0 Å². The van der Waals surface area contributed by atoms with Crippen molar-refractivity contribution in [2.24, 2.45) is 0 Å². The Balaban J connectivity index is 2.04. The first-order valence-corrected chi connectivity index (χ1v) is 6.12. The van der Waals surface area contributed by atoms with Crippen molar-refractivity contribution in [2.75, 3.05) is 6.61 Å². The number of aryl methyl sites for hydroxylation is 1. The molecule has 0 amide bonds. The Kier molecular flexibility index (Phi) is 4.18. The summed E-state index contributed by atoms with van der Waals surface area (Å²) >= 11 is 0. The molecule has 0 atom stereocenters. The zero-order chi connectivity index (χ0) is 13.7. The van der Waals surface area contributed by atoms with Crippen LogP contribution in [0.4, 0.5) is 0 Å². The second kappa shape index (κ2) is 6.04. The number of ether oxygens (including phenoxy) is 2. The summed E-state index contributed by atoms with van der Waals surface area (Å²) in [6.07, 6.45) is 2.20. The Morgan fingerprint density at radius 1 is 1.26 bits per heavy atom. The molecule has 1 aromatic heterocycles. The average Bonchev–Trinajstić information content (AvgIpc) is 2.88. The molecular formula is C14H15NO4. The first-order chi connectivity index (χ1) is 9.22. The SMILES string of the molecule is CCOC(=O)c1coc(Oc2ccc(CC)cc2)n1. The lowest BCUT2D eigenvalue weighted by molar-refractivity contribution is 0.0519. The number of hydrogen-bond donors (Lipinski definition) is 0. The normalized spacial score (nSPS) is 10.2. The van der Waals surface area contributed by atoms with Crippen molar-refractivity contribution in [3.8, 4) is 11.8 Å². The van der Waals surface area contributed by atoms with Crippen LogP contribution < -0.4 is 4.74 Å². The summed E-state index contributed by atoms with van der Waals surface area (Å²) < 4.78 is 15.3. The summed E-state index contributed by atoms with van der Waals surface area (Å²) in [4.78, 5) is 15.3. The molecule has 1 aromatic carbocycles. The van der Waals surface area contributed by atoms with Gasteiger partial charge in [0.15, 0.2) is 5.69 Å². The van der Waals surface area contributed by atoms with E-state index >= 15 is 0 Å². The molecule has 100 valence electrons. The number of esters is 1. The summed E-state index contributed by atoms with van der Waals surface area (Å²) in [7, 11) is 0. The van der Waals surface area contributed by atoms with Gasteiger partial charge in [-0.3, -0.25) is 0 Å². The minimum Gasteiger partial charge on any atom is -0.461 e. The molecule has 2 aromatic rings. The summed E-state index contributed by atoms with van der Waals surface area (Å²) in [6.45, 7) is 4.10. The Morgan fingerprint density at radius 2 is 2.00 bits per heavy atom. The molecule has 0 bridgehead atoms. The summed E-state index contributed by atoms with van der Waals surface area (Å²) in [5, 5.41) is 0. The van der Waals surface area contributed by atoms with E-state index in [1.165, 1.54) is 11.8 Å². The van der Waals surface area contributed by atoms with Gasteiger partial charge in [0.1, 0.15) is 12.0 Å². The molecule has 1 heterocycles. The van der Waals surface area contributed by atoms with Crippen LogP contribution in [-0.4, -0.2) is 17.6 Å². The molecule has 5 heteroatoms. The maximum Gasteiger partial charge on any atom is 0.399 e. The van der Waals surface area contributed by atoms with Crippen molar-refractivity contribution in [2.45, 2.75) is 20.3 Å². The lowest BCUT2D eigenvalue weighted by atomic mass is 10.2. The minimum atomic E-state index is -0.526. The number of rotatable bonds is 5. The number of carbonyl (C=O) groups excluding carboxylic acids is 1. The first kappa shape index (κ1) is 13.1. The molecule has 0 saturated heterocycles. The minimum absolute atomic E-state index is 0.0206. The highest BCUT2D eigenvalue weighted by molar-refractivity contribution is 5.86. The van der Waals surface area contributed by atoms with E-state index in [0.29, 0.717) is 12.4 Å². The van der Waals surface area contributed by atoms with E-state index in [9.17, 15) is 4.79 Å². The van der Waals surface area contributed by atoms with Gasteiger partial charge in [0.05, 0.1) is 6.61 Å². The van der Waals surface area contributed by atoms with Gasteiger partial charge < -0.3 is 13.9 Å². The number of hydrogen-bond acceptors (Lipinski definition) is 5. The number of carbonyl (C=O) groups is 1. The number of benzene rings is 1. The van der Waals surface area contributed by atoms with Crippen molar-refractivity contribution < 1.29 is 18.7 Å². The van der Waals surface area contributed by atoms with Crippen LogP contribution in [0.25, 0.3) is 0 Å². The number of nitrogens with zero attached hydrogens (tertiary/aromatic N) is 1. The van der Waals surface area contributed by atoms with E-state index < -0.39 is 5.97 Å². The zero-order valence-corrected chi connectivity index (χ0v) is 10.9. The Morgan fingerprint density at radius 3 is 2.63 bits per heavy atom. The second-order valence-corrected chi connectivity index (χ2v) is 3.82. The van der Waals surface area contributed by atoms with Crippen LogP contribution in [0.2, 0.25) is 0 Å². The van der Waals surface area contributed by atoms with Crippen molar-refractivity contribution in [3.05, 3.63) is 41.8 Å². The standard InChI is InChI=1S/C14H15NO4/c1-3-10-5-7-11(8-6-10)19-14-15-12(9-18-14)13(16)17-4-2/h5-9H,3-4H2,1-2H3. The number of aromatic nitrogens is 1. The van der Waals surface area contributed by atoms with Gasteiger partial charge in [-0.2, -0.15) is 4.98 Å². The Bertz CT molecular complexity index is 545. The summed E-state index contributed by atoms with van der Waals surface area (Å²) in [5.74, 6) is 0.0805. The van der Waals surface area contributed by atoms with Gasteiger partial charge in [0.2, 0.25) is 0 Å². The second-order valence-electron chi connectivity index (χ2n) is 3.82. The van der Waals surface area contributed by atoms with Crippen molar-refractivity contribution >= 4 is 5.97 Å². The fourth-order valence-electron chi connectivity index (χ4n) is 1.50.